The fourth-order valence-electron chi connectivity index (χ4n) is 3.19. The molecular weight excluding hydrogens is 352 g/mol. The van der Waals surface area contributed by atoms with Gasteiger partial charge in [0.1, 0.15) is 0 Å². The van der Waals surface area contributed by atoms with Crippen molar-refractivity contribution in [2.24, 2.45) is 0 Å². The quantitative estimate of drug-likeness (QED) is 0.562. The zero-order valence-electron chi connectivity index (χ0n) is 15.3. The number of fused-ring (bicyclic) bond motifs is 1. The molecule has 28 heavy (non-hydrogen) atoms. The van der Waals surface area contributed by atoms with Gasteiger partial charge in [-0.3, -0.25) is 9.36 Å². The van der Waals surface area contributed by atoms with Crippen molar-refractivity contribution in [2.75, 3.05) is 6.54 Å². The molecule has 0 bridgehead atoms. The highest BCUT2D eigenvalue weighted by Gasteiger charge is 2.13. The van der Waals surface area contributed by atoms with Crippen molar-refractivity contribution in [1.29, 1.82) is 0 Å². The molecule has 4 rings (SSSR count). The van der Waals surface area contributed by atoms with Gasteiger partial charge in [0.25, 0.3) is 5.91 Å². The van der Waals surface area contributed by atoms with Gasteiger partial charge in [0.05, 0.1) is 12.1 Å². The number of oxazole rings is 1. The average molecular weight is 372 g/mol. The third kappa shape index (κ3) is 3.88. The van der Waals surface area contributed by atoms with Crippen molar-refractivity contribution >= 4 is 17.0 Å². The lowest BCUT2D eigenvalue weighted by Crippen LogP contribution is -2.25. The molecule has 0 saturated heterocycles. The first-order chi connectivity index (χ1) is 13.7. The van der Waals surface area contributed by atoms with Crippen molar-refractivity contribution in [2.45, 2.75) is 13.0 Å². The van der Waals surface area contributed by atoms with E-state index in [1.54, 1.807) is 22.8 Å². The highest BCUT2D eigenvalue weighted by atomic mass is 16.4. The molecular formula is C23H20N2O3. The van der Waals surface area contributed by atoms with E-state index in [1.165, 1.54) is 5.56 Å². The number of rotatable bonds is 6. The highest BCUT2D eigenvalue weighted by molar-refractivity contribution is 5.97. The molecule has 0 fully saturated rings. The number of carbonyl (C=O) groups excluding carboxylic acids is 1. The summed E-state index contributed by atoms with van der Waals surface area (Å²) in [6.07, 6.45) is 0.763. The fraction of sp³-hybridized carbons (Fsp3) is 0.130. The number of hydrogen-bond donors (Lipinski definition) is 1. The van der Waals surface area contributed by atoms with Crippen LogP contribution in [0.5, 0.6) is 0 Å². The highest BCUT2D eigenvalue weighted by Crippen LogP contribution is 2.16. The van der Waals surface area contributed by atoms with Crippen LogP contribution in [0.1, 0.15) is 21.5 Å². The molecule has 1 amide bonds. The molecule has 1 aromatic heterocycles. The molecule has 0 aliphatic carbocycles. The van der Waals surface area contributed by atoms with E-state index in [2.05, 4.69) is 5.32 Å². The van der Waals surface area contributed by atoms with Gasteiger partial charge >= 0.3 is 5.76 Å². The molecule has 0 aliphatic rings. The Hall–Kier alpha value is -3.60. The summed E-state index contributed by atoms with van der Waals surface area (Å²) in [6.45, 7) is 0.939. The normalized spacial score (nSPS) is 10.9. The number of amides is 1. The van der Waals surface area contributed by atoms with Crippen LogP contribution in [-0.2, 0) is 13.0 Å². The van der Waals surface area contributed by atoms with E-state index in [-0.39, 0.29) is 5.91 Å². The SMILES string of the molecule is O=C(NCCc1ccccc1)c1ccc2oc(=O)n(Cc3ccccc3)c2c1. The van der Waals surface area contributed by atoms with E-state index in [1.807, 2.05) is 60.7 Å². The fourth-order valence-corrected chi connectivity index (χ4v) is 3.19. The lowest BCUT2D eigenvalue weighted by Gasteiger charge is -2.07. The van der Waals surface area contributed by atoms with Crippen LogP contribution < -0.4 is 11.1 Å². The summed E-state index contributed by atoms with van der Waals surface area (Å²) in [6, 6.07) is 24.7. The molecule has 0 radical (unpaired) electrons. The molecule has 140 valence electrons. The van der Waals surface area contributed by atoms with E-state index in [4.69, 9.17) is 4.42 Å². The summed E-state index contributed by atoms with van der Waals surface area (Å²) in [5, 5.41) is 2.93. The van der Waals surface area contributed by atoms with Gasteiger partial charge in [-0.05, 0) is 35.7 Å². The molecule has 5 heteroatoms. The van der Waals surface area contributed by atoms with E-state index in [0.717, 1.165) is 12.0 Å². The van der Waals surface area contributed by atoms with Crippen molar-refractivity contribution in [3.63, 3.8) is 0 Å². The zero-order chi connectivity index (χ0) is 19.3. The second kappa shape index (κ2) is 7.96. The smallest absolute Gasteiger partial charge is 0.408 e. The number of nitrogens with one attached hydrogen (secondary N) is 1. The summed E-state index contributed by atoms with van der Waals surface area (Å²) in [5.74, 6) is -0.599. The van der Waals surface area contributed by atoms with Crippen molar-refractivity contribution in [3.8, 4) is 0 Å². The lowest BCUT2D eigenvalue weighted by atomic mass is 10.1. The number of hydrogen-bond acceptors (Lipinski definition) is 3. The molecule has 1 N–H and O–H groups in total. The molecule has 0 unspecified atom stereocenters. The van der Waals surface area contributed by atoms with Gasteiger partial charge in [-0.25, -0.2) is 4.79 Å². The van der Waals surface area contributed by atoms with Gasteiger partial charge in [0.2, 0.25) is 0 Å². The molecule has 3 aromatic carbocycles. The molecule has 0 spiro atoms. The minimum atomic E-state index is -0.430. The van der Waals surface area contributed by atoms with E-state index in [9.17, 15) is 9.59 Å². The first kappa shape index (κ1) is 17.8. The minimum Gasteiger partial charge on any atom is -0.408 e. The van der Waals surface area contributed by atoms with Crippen LogP contribution in [0.4, 0.5) is 0 Å². The predicted octanol–water partition coefficient (Wildman–Crippen LogP) is 3.62. The Morgan fingerprint density at radius 2 is 1.57 bits per heavy atom. The maximum absolute atomic E-state index is 12.5. The van der Waals surface area contributed by atoms with Gasteiger partial charge in [-0.15, -0.1) is 0 Å². The standard InChI is InChI=1S/C23H20N2O3/c26-22(24-14-13-17-7-3-1-4-8-17)19-11-12-21-20(15-19)25(23(27)28-21)16-18-9-5-2-6-10-18/h1-12,15H,13-14,16H2,(H,24,26). The Balaban J connectivity index is 1.52. The van der Waals surface area contributed by atoms with Crippen LogP contribution in [-0.4, -0.2) is 17.0 Å². The zero-order valence-corrected chi connectivity index (χ0v) is 15.3. The van der Waals surface area contributed by atoms with E-state index < -0.39 is 5.76 Å². The van der Waals surface area contributed by atoms with Crippen molar-refractivity contribution in [1.82, 2.24) is 9.88 Å². The summed E-state index contributed by atoms with van der Waals surface area (Å²) in [4.78, 5) is 24.8. The Morgan fingerprint density at radius 3 is 2.29 bits per heavy atom. The Labute approximate surface area is 162 Å². The summed E-state index contributed by atoms with van der Waals surface area (Å²) >= 11 is 0. The number of carbonyl (C=O) groups is 1. The first-order valence-electron chi connectivity index (χ1n) is 9.20. The summed E-state index contributed by atoms with van der Waals surface area (Å²) in [7, 11) is 0. The number of benzene rings is 3. The maximum atomic E-state index is 12.5. The molecule has 0 aliphatic heterocycles. The van der Waals surface area contributed by atoms with E-state index in [0.29, 0.717) is 29.8 Å². The van der Waals surface area contributed by atoms with Crippen molar-refractivity contribution < 1.29 is 9.21 Å². The van der Waals surface area contributed by atoms with Gasteiger partial charge in [0, 0.05) is 12.1 Å². The second-order valence-electron chi connectivity index (χ2n) is 6.61. The lowest BCUT2D eigenvalue weighted by molar-refractivity contribution is 0.0954. The Bertz CT molecular complexity index is 1140. The van der Waals surface area contributed by atoms with Gasteiger partial charge in [0.15, 0.2) is 5.58 Å². The molecule has 5 nitrogen and oxygen atoms in total. The maximum Gasteiger partial charge on any atom is 0.420 e. The van der Waals surface area contributed by atoms with Gasteiger partial charge < -0.3 is 9.73 Å². The second-order valence-corrected chi connectivity index (χ2v) is 6.61. The van der Waals surface area contributed by atoms with Crippen molar-refractivity contribution in [3.05, 3.63) is 106 Å². The largest absolute Gasteiger partial charge is 0.420 e. The predicted molar refractivity (Wildman–Crippen MR) is 108 cm³/mol. The first-order valence-corrected chi connectivity index (χ1v) is 9.20. The van der Waals surface area contributed by atoms with Crippen LogP contribution in [0.15, 0.2) is 88.1 Å². The number of nitrogens with zero attached hydrogens (tertiary/aromatic N) is 1. The summed E-state index contributed by atoms with van der Waals surface area (Å²) < 4.78 is 6.87. The van der Waals surface area contributed by atoms with Crippen LogP contribution >= 0.6 is 0 Å². The monoisotopic (exact) mass is 372 g/mol. The molecule has 1 heterocycles. The molecule has 0 atom stereocenters. The number of aromatic nitrogens is 1. The van der Waals surface area contributed by atoms with E-state index >= 15 is 0 Å². The third-order valence-corrected chi connectivity index (χ3v) is 4.66. The van der Waals surface area contributed by atoms with Crippen LogP contribution in [0.3, 0.4) is 0 Å². The van der Waals surface area contributed by atoms with Crippen LogP contribution in [0.2, 0.25) is 0 Å². The Morgan fingerprint density at radius 1 is 0.893 bits per heavy atom. The van der Waals surface area contributed by atoms with Gasteiger partial charge in [-0.2, -0.15) is 0 Å². The molecule has 4 aromatic rings. The molecule has 0 saturated carbocycles. The third-order valence-electron chi connectivity index (χ3n) is 4.66. The minimum absolute atomic E-state index is 0.169. The summed E-state index contributed by atoms with van der Waals surface area (Å²) in [5.41, 5.74) is 3.75. The average Bonchev–Trinajstić information content (AvgIpc) is 3.04. The van der Waals surface area contributed by atoms with Crippen LogP contribution in [0.25, 0.3) is 11.1 Å². The van der Waals surface area contributed by atoms with Gasteiger partial charge in [-0.1, -0.05) is 60.7 Å². The Kier molecular flexibility index (Phi) is 5.06. The topological polar surface area (TPSA) is 64.2 Å². The van der Waals surface area contributed by atoms with Crippen LogP contribution in [0, 0.1) is 0 Å².